The first kappa shape index (κ1) is 13.8. The second kappa shape index (κ2) is 6.04. The van der Waals surface area contributed by atoms with E-state index in [1.807, 2.05) is 48.6 Å². The zero-order valence-corrected chi connectivity index (χ0v) is 11.4. The van der Waals surface area contributed by atoms with Gasteiger partial charge < -0.3 is 10.5 Å². The molecule has 1 aromatic carbocycles. The predicted octanol–water partition coefficient (Wildman–Crippen LogP) is 2.78. The molecular weight excluding hydrogens is 236 g/mol. The van der Waals surface area contributed by atoms with Crippen LogP contribution in [0.15, 0.2) is 48.6 Å². The Kier molecular flexibility index (Phi) is 4.40. The third-order valence-corrected chi connectivity index (χ3v) is 3.41. The van der Waals surface area contributed by atoms with Crippen LogP contribution in [0.1, 0.15) is 25.3 Å². The molecule has 102 valence electrons. The highest BCUT2D eigenvalue weighted by Crippen LogP contribution is 2.23. The van der Waals surface area contributed by atoms with Crippen LogP contribution >= 0.6 is 0 Å². The Morgan fingerprint density at radius 1 is 1.32 bits per heavy atom. The van der Waals surface area contributed by atoms with Crippen molar-refractivity contribution in [3.8, 4) is 0 Å². The molecule has 0 bridgehead atoms. The Bertz CT molecular complexity index is 481. The van der Waals surface area contributed by atoms with Gasteiger partial charge in [-0.15, -0.1) is 0 Å². The van der Waals surface area contributed by atoms with Crippen LogP contribution in [0.5, 0.6) is 0 Å². The van der Waals surface area contributed by atoms with Crippen LogP contribution in [0.3, 0.4) is 0 Å². The van der Waals surface area contributed by atoms with Gasteiger partial charge in [0.2, 0.25) is 0 Å². The summed E-state index contributed by atoms with van der Waals surface area (Å²) in [6.45, 7) is 2.11. The smallest absolute Gasteiger partial charge is 0.140 e. The third kappa shape index (κ3) is 3.69. The molecule has 2 atom stereocenters. The first-order chi connectivity index (χ1) is 9.13. The van der Waals surface area contributed by atoms with E-state index >= 15 is 0 Å². The average Bonchev–Trinajstić information content (AvgIpc) is 2.41. The van der Waals surface area contributed by atoms with Gasteiger partial charge >= 0.3 is 0 Å². The number of ether oxygens (including phenoxy) is 1. The molecule has 2 rings (SSSR count). The molecule has 3 heteroatoms. The maximum absolute atomic E-state index is 6.24. The summed E-state index contributed by atoms with van der Waals surface area (Å²) in [5.74, 6) is 0. The lowest BCUT2D eigenvalue weighted by atomic mass is 10.0. The number of rotatable bonds is 5. The fraction of sp³-hybridized carbons (Fsp3) is 0.375. The quantitative estimate of drug-likeness (QED) is 0.630. The van der Waals surface area contributed by atoms with Crippen molar-refractivity contribution in [3.05, 3.63) is 54.1 Å². The zero-order valence-electron chi connectivity index (χ0n) is 11.4. The average molecular weight is 258 g/mol. The normalized spacial score (nSPS) is 23.5. The maximum Gasteiger partial charge on any atom is 0.140 e. The second-order valence-corrected chi connectivity index (χ2v) is 5.00. The van der Waals surface area contributed by atoms with Crippen molar-refractivity contribution >= 4 is 5.69 Å². The Balaban J connectivity index is 2.03. The van der Waals surface area contributed by atoms with Crippen LogP contribution in [-0.2, 0) is 11.2 Å². The maximum atomic E-state index is 6.24. The zero-order chi connectivity index (χ0) is 13.7. The highest BCUT2D eigenvalue weighted by atomic mass is 16.5. The molecule has 0 saturated heterocycles. The summed E-state index contributed by atoms with van der Waals surface area (Å²) < 4.78 is 6.07. The predicted molar refractivity (Wildman–Crippen MR) is 79.5 cm³/mol. The van der Waals surface area contributed by atoms with E-state index in [9.17, 15) is 0 Å². The SMILES string of the molecule is CCC(Cc1ccccc1N)OC1(N)C=CC=CC1. The van der Waals surface area contributed by atoms with Crippen molar-refractivity contribution in [1.29, 1.82) is 0 Å². The van der Waals surface area contributed by atoms with E-state index in [2.05, 4.69) is 6.92 Å². The highest BCUT2D eigenvalue weighted by Gasteiger charge is 2.26. The summed E-state index contributed by atoms with van der Waals surface area (Å²) in [6, 6.07) is 7.91. The minimum atomic E-state index is -0.682. The Morgan fingerprint density at radius 2 is 2.11 bits per heavy atom. The van der Waals surface area contributed by atoms with E-state index < -0.39 is 5.72 Å². The van der Waals surface area contributed by atoms with E-state index in [1.54, 1.807) is 0 Å². The van der Waals surface area contributed by atoms with Gasteiger partial charge in [-0.25, -0.2) is 0 Å². The Labute approximate surface area is 114 Å². The van der Waals surface area contributed by atoms with Gasteiger partial charge in [-0.1, -0.05) is 43.4 Å². The lowest BCUT2D eigenvalue weighted by Gasteiger charge is -2.31. The van der Waals surface area contributed by atoms with Crippen molar-refractivity contribution < 1.29 is 4.74 Å². The lowest BCUT2D eigenvalue weighted by molar-refractivity contribution is -0.0596. The van der Waals surface area contributed by atoms with Gasteiger partial charge in [0.15, 0.2) is 0 Å². The van der Waals surface area contributed by atoms with Gasteiger partial charge in [0.1, 0.15) is 5.72 Å². The molecule has 0 amide bonds. The van der Waals surface area contributed by atoms with Crippen LogP contribution < -0.4 is 11.5 Å². The first-order valence-electron chi connectivity index (χ1n) is 6.77. The van der Waals surface area contributed by atoms with Crippen LogP contribution in [0, 0.1) is 0 Å². The largest absolute Gasteiger partial charge is 0.399 e. The monoisotopic (exact) mass is 258 g/mol. The summed E-state index contributed by atoms with van der Waals surface area (Å²) in [7, 11) is 0. The van der Waals surface area contributed by atoms with Gasteiger partial charge in [-0.3, -0.25) is 5.73 Å². The summed E-state index contributed by atoms with van der Waals surface area (Å²) in [4.78, 5) is 0. The number of hydrogen-bond acceptors (Lipinski definition) is 3. The van der Waals surface area contributed by atoms with Crippen molar-refractivity contribution in [2.75, 3.05) is 5.73 Å². The minimum absolute atomic E-state index is 0.0749. The third-order valence-electron chi connectivity index (χ3n) is 3.41. The molecule has 0 aliphatic heterocycles. The fourth-order valence-electron chi connectivity index (χ4n) is 2.25. The molecule has 1 aliphatic carbocycles. The number of anilines is 1. The highest BCUT2D eigenvalue weighted by molar-refractivity contribution is 5.46. The number of para-hydroxylation sites is 1. The van der Waals surface area contributed by atoms with Crippen molar-refractivity contribution in [3.63, 3.8) is 0 Å². The van der Waals surface area contributed by atoms with E-state index in [-0.39, 0.29) is 6.10 Å². The molecule has 4 N–H and O–H groups in total. The minimum Gasteiger partial charge on any atom is -0.399 e. The summed E-state index contributed by atoms with van der Waals surface area (Å²) >= 11 is 0. The number of nitrogens with two attached hydrogens (primary N) is 2. The first-order valence-corrected chi connectivity index (χ1v) is 6.77. The van der Waals surface area contributed by atoms with Crippen LogP contribution in [0.2, 0.25) is 0 Å². The van der Waals surface area contributed by atoms with Gasteiger partial charge in [-0.2, -0.15) is 0 Å². The van der Waals surface area contributed by atoms with Crippen LogP contribution in [0.25, 0.3) is 0 Å². The molecule has 0 spiro atoms. The molecule has 2 unspecified atom stereocenters. The fourth-order valence-corrected chi connectivity index (χ4v) is 2.25. The molecule has 0 aromatic heterocycles. The molecule has 1 aromatic rings. The standard InChI is InChI=1S/C16H22N2O/c1-2-14(12-13-8-4-5-9-15(13)17)19-16(18)10-6-3-7-11-16/h3-10,14H,2,11-12,17-18H2,1H3. The summed E-state index contributed by atoms with van der Waals surface area (Å²) in [6.07, 6.45) is 10.4. The van der Waals surface area contributed by atoms with Crippen molar-refractivity contribution in [1.82, 2.24) is 0 Å². The summed E-state index contributed by atoms with van der Waals surface area (Å²) in [5, 5.41) is 0. The van der Waals surface area contributed by atoms with Gasteiger partial charge in [0.25, 0.3) is 0 Å². The molecule has 1 aliphatic rings. The number of benzene rings is 1. The van der Waals surface area contributed by atoms with Crippen molar-refractivity contribution in [2.24, 2.45) is 5.73 Å². The molecule has 0 radical (unpaired) electrons. The van der Waals surface area contributed by atoms with Crippen LogP contribution in [0.4, 0.5) is 5.69 Å². The molecule has 0 heterocycles. The number of hydrogen-bond donors (Lipinski definition) is 2. The van der Waals surface area contributed by atoms with Gasteiger partial charge in [0, 0.05) is 18.5 Å². The summed E-state index contributed by atoms with van der Waals surface area (Å²) in [5.41, 5.74) is 13.5. The molecular formula is C16H22N2O. The molecule has 19 heavy (non-hydrogen) atoms. The second-order valence-electron chi connectivity index (χ2n) is 5.00. The van der Waals surface area contributed by atoms with E-state index in [0.717, 1.165) is 24.1 Å². The van der Waals surface area contributed by atoms with Gasteiger partial charge in [0.05, 0.1) is 6.10 Å². The van der Waals surface area contributed by atoms with E-state index in [4.69, 9.17) is 16.2 Å². The van der Waals surface area contributed by atoms with E-state index in [0.29, 0.717) is 6.42 Å². The number of nitrogen functional groups attached to an aromatic ring is 1. The number of allylic oxidation sites excluding steroid dienone is 2. The topological polar surface area (TPSA) is 61.3 Å². The lowest BCUT2D eigenvalue weighted by Crippen LogP contribution is -2.44. The Hall–Kier alpha value is -1.58. The molecule has 0 fully saturated rings. The molecule has 3 nitrogen and oxygen atoms in total. The van der Waals surface area contributed by atoms with Crippen LogP contribution in [-0.4, -0.2) is 11.8 Å². The Morgan fingerprint density at radius 3 is 2.74 bits per heavy atom. The van der Waals surface area contributed by atoms with Crippen molar-refractivity contribution in [2.45, 2.75) is 38.0 Å². The van der Waals surface area contributed by atoms with Gasteiger partial charge in [-0.05, 0) is 24.1 Å². The van der Waals surface area contributed by atoms with E-state index in [1.165, 1.54) is 0 Å². The molecule has 0 saturated carbocycles.